The van der Waals surface area contributed by atoms with Crippen molar-refractivity contribution in [3.63, 3.8) is 0 Å². The highest BCUT2D eigenvalue weighted by Gasteiger charge is 2.16. The highest BCUT2D eigenvalue weighted by molar-refractivity contribution is 7.10. The molecule has 2 amide bonds. The third kappa shape index (κ3) is 4.30. The molecule has 0 aliphatic carbocycles. The molecule has 7 heteroatoms. The standard InChI is InChI=1S/C14H21N5OS/c1-4-19-10-11(8-16-19)17-14(20)15-9-12(18(2)3)13-6-5-7-21-13/h5-8,10,12H,4,9H2,1-3H3,(H2,15,17,20). The van der Waals surface area contributed by atoms with E-state index in [2.05, 4.69) is 26.7 Å². The lowest BCUT2D eigenvalue weighted by Gasteiger charge is -2.23. The number of amides is 2. The van der Waals surface area contributed by atoms with Crippen molar-refractivity contribution < 1.29 is 4.79 Å². The van der Waals surface area contributed by atoms with Crippen molar-refractivity contribution in [1.82, 2.24) is 20.0 Å². The maximum atomic E-state index is 11.9. The Bertz CT molecular complexity index is 564. The highest BCUT2D eigenvalue weighted by Crippen LogP contribution is 2.22. The minimum atomic E-state index is -0.214. The summed E-state index contributed by atoms with van der Waals surface area (Å²) < 4.78 is 1.77. The molecule has 6 nitrogen and oxygen atoms in total. The molecule has 2 aromatic heterocycles. The predicted octanol–water partition coefficient (Wildman–Crippen LogP) is 2.39. The zero-order chi connectivity index (χ0) is 15.2. The predicted molar refractivity (Wildman–Crippen MR) is 85.7 cm³/mol. The van der Waals surface area contributed by atoms with Crippen LogP contribution in [0.5, 0.6) is 0 Å². The van der Waals surface area contributed by atoms with Crippen LogP contribution >= 0.6 is 11.3 Å². The number of hydrogen-bond acceptors (Lipinski definition) is 4. The molecule has 2 heterocycles. The van der Waals surface area contributed by atoms with Crippen LogP contribution in [0.25, 0.3) is 0 Å². The second-order valence-corrected chi connectivity index (χ2v) is 5.89. The van der Waals surface area contributed by atoms with Gasteiger partial charge in [-0.1, -0.05) is 6.07 Å². The smallest absolute Gasteiger partial charge is 0.319 e. The second-order valence-electron chi connectivity index (χ2n) is 4.91. The Balaban J connectivity index is 1.87. The fraction of sp³-hybridized carbons (Fsp3) is 0.429. The van der Waals surface area contributed by atoms with E-state index in [1.807, 2.05) is 38.7 Å². The van der Waals surface area contributed by atoms with E-state index in [9.17, 15) is 4.79 Å². The Morgan fingerprint density at radius 2 is 2.33 bits per heavy atom. The lowest BCUT2D eigenvalue weighted by atomic mass is 10.2. The molecule has 2 aromatic rings. The Morgan fingerprint density at radius 1 is 1.52 bits per heavy atom. The summed E-state index contributed by atoms with van der Waals surface area (Å²) in [6.07, 6.45) is 3.45. The number of carbonyl (C=O) groups excluding carboxylic acids is 1. The summed E-state index contributed by atoms with van der Waals surface area (Å²) in [5.41, 5.74) is 0.701. The number of aryl methyl sites for hydroxylation is 1. The Labute approximate surface area is 128 Å². The molecule has 0 aliphatic heterocycles. The van der Waals surface area contributed by atoms with Crippen LogP contribution in [0.4, 0.5) is 10.5 Å². The molecule has 0 spiro atoms. The van der Waals surface area contributed by atoms with Gasteiger partial charge in [-0.15, -0.1) is 11.3 Å². The maximum absolute atomic E-state index is 11.9. The number of likely N-dealkylation sites (N-methyl/N-ethyl adjacent to an activating group) is 1. The number of rotatable bonds is 6. The van der Waals surface area contributed by atoms with Crippen molar-refractivity contribution in [2.24, 2.45) is 0 Å². The van der Waals surface area contributed by atoms with Gasteiger partial charge in [0.15, 0.2) is 0 Å². The van der Waals surface area contributed by atoms with Crippen LogP contribution in [0, 0.1) is 0 Å². The summed E-state index contributed by atoms with van der Waals surface area (Å²) in [5.74, 6) is 0. The van der Waals surface area contributed by atoms with E-state index in [1.54, 1.807) is 22.2 Å². The van der Waals surface area contributed by atoms with Crippen LogP contribution in [0.15, 0.2) is 29.9 Å². The number of anilines is 1. The highest BCUT2D eigenvalue weighted by atomic mass is 32.1. The van der Waals surface area contributed by atoms with E-state index in [-0.39, 0.29) is 12.1 Å². The molecule has 1 unspecified atom stereocenters. The van der Waals surface area contributed by atoms with Gasteiger partial charge in [0.25, 0.3) is 0 Å². The first-order valence-corrected chi connectivity index (χ1v) is 7.75. The van der Waals surface area contributed by atoms with Crippen LogP contribution in [-0.4, -0.2) is 41.4 Å². The molecule has 0 bridgehead atoms. The minimum Gasteiger partial charge on any atom is -0.336 e. The summed E-state index contributed by atoms with van der Waals surface area (Å²) in [6, 6.07) is 4.07. The quantitative estimate of drug-likeness (QED) is 0.861. The van der Waals surface area contributed by atoms with Gasteiger partial charge in [0, 0.05) is 24.2 Å². The van der Waals surface area contributed by atoms with E-state index in [0.29, 0.717) is 12.2 Å². The van der Waals surface area contributed by atoms with Crippen LogP contribution in [-0.2, 0) is 6.54 Å². The van der Waals surface area contributed by atoms with Gasteiger partial charge in [0.05, 0.1) is 17.9 Å². The summed E-state index contributed by atoms with van der Waals surface area (Å²) in [4.78, 5) is 15.3. The van der Waals surface area contributed by atoms with Crippen molar-refractivity contribution in [1.29, 1.82) is 0 Å². The number of nitrogens with one attached hydrogen (secondary N) is 2. The van der Waals surface area contributed by atoms with Gasteiger partial charge >= 0.3 is 6.03 Å². The molecule has 21 heavy (non-hydrogen) atoms. The number of nitrogens with zero attached hydrogens (tertiary/aromatic N) is 3. The first-order valence-electron chi connectivity index (χ1n) is 6.87. The van der Waals surface area contributed by atoms with Crippen molar-refractivity contribution in [2.45, 2.75) is 19.5 Å². The number of aromatic nitrogens is 2. The van der Waals surface area contributed by atoms with Crippen molar-refractivity contribution >= 4 is 23.1 Å². The van der Waals surface area contributed by atoms with Crippen LogP contribution in [0.1, 0.15) is 17.8 Å². The fourth-order valence-electron chi connectivity index (χ4n) is 1.98. The van der Waals surface area contributed by atoms with E-state index < -0.39 is 0 Å². The number of urea groups is 1. The molecule has 0 aromatic carbocycles. The average molecular weight is 307 g/mol. The van der Waals surface area contributed by atoms with Gasteiger partial charge in [0.2, 0.25) is 0 Å². The number of thiophene rings is 1. The monoisotopic (exact) mass is 307 g/mol. The molecule has 0 saturated heterocycles. The molecule has 0 saturated carbocycles. The molecule has 1 atom stereocenters. The fourth-order valence-corrected chi connectivity index (χ4v) is 2.91. The first-order chi connectivity index (χ1) is 10.1. The van der Waals surface area contributed by atoms with Gasteiger partial charge in [-0.2, -0.15) is 5.10 Å². The van der Waals surface area contributed by atoms with E-state index >= 15 is 0 Å². The Hall–Kier alpha value is -1.86. The summed E-state index contributed by atoms with van der Waals surface area (Å²) in [5, 5.41) is 11.9. The number of carbonyl (C=O) groups is 1. The molecular formula is C14H21N5OS. The lowest BCUT2D eigenvalue weighted by Crippen LogP contribution is -2.36. The third-order valence-corrected chi connectivity index (χ3v) is 4.14. The zero-order valence-electron chi connectivity index (χ0n) is 12.5. The Kier molecular flexibility index (Phi) is 5.35. The average Bonchev–Trinajstić information content (AvgIpc) is 3.10. The van der Waals surface area contributed by atoms with Crippen LogP contribution in [0.2, 0.25) is 0 Å². The van der Waals surface area contributed by atoms with Crippen LogP contribution < -0.4 is 10.6 Å². The van der Waals surface area contributed by atoms with Gasteiger partial charge in [-0.3, -0.25) is 4.68 Å². The third-order valence-electron chi connectivity index (χ3n) is 3.17. The summed E-state index contributed by atoms with van der Waals surface area (Å²) >= 11 is 1.69. The SMILES string of the molecule is CCn1cc(NC(=O)NCC(c2cccs2)N(C)C)cn1. The molecule has 0 radical (unpaired) electrons. The van der Waals surface area contributed by atoms with Gasteiger partial charge in [0.1, 0.15) is 0 Å². The zero-order valence-corrected chi connectivity index (χ0v) is 13.4. The van der Waals surface area contributed by atoms with E-state index in [4.69, 9.17) is 0 Å². The minimum absolute atomic E-state index is 0.175. The summed E-state index contributed by atoms with van der Waals surface area (Å²) in [6.45, 7) is 3.34. The molecule has 2 rings (SSSR count). The molecule has 2 N–H and O–H groups in total. The maximum Gasteiger partial charge on any atom is 0.319 e. The largest absolute Gasteiger partial charge is 0.336 e. The second kappa shape index (κ2) is 7.24. The van der Waals surface area contributed by atoms with Gasteiger partial charge in [-0.05, 0) is 32.5 Å². The normalized spacial score (nSPS) is 12.4. The Morgan fingerprint density at radius 3 is 2.90 bits per heavy atom. The molecule has 114 valence electrons. The van der Waals surface area contributed by atoms with Gasteiger partial charge in [-0.25, -0.2) is 4.79 Å². The number of hydrogen-bond donors (Lipinski definition) is 2. The van der Waals surface area contributed by atoms with Crippen molar-refractivity contribution in [2.75, 3.05) is 26.0 Å². The lowest BCUT2D eigenvalue weighted by molar-refractivity contribution is 0.244. The van der Waals surface area contributed by atoms with E-state index in [0.717, 1.165) is 6.54 Å². The van der Waals surface area contributed by atoms with Crippen LogP contribution in [0.3, 0.4) is 0 Å². The van der Waals surface area contributed by atoms with Crippen molar-refractivity contribution in [3.05, 3.63) is 34.8 Å². The molecule has 0 aliphatic rings. The van der Waals surface area contributed by atoms with E-state index in [1.165, 1.54) is 4.88 Å². The van der Waals surface area contributed by atoms with Gasteiger partial charge < -0.3 is 15.5 Å². The topological polar surface area (TPSA) is 62.2 Å². The molecule has 0 fully saturated rings. The molecular weight excluding hydrogens is 286 g/mol. The first kappa shape index (κ1) is 15.5. The van der Waals surface area contributed by atoms with Crippen molar-refractivity contribution in [3.8, 4) is 0 Å². The summed E-state index contributed by atoms with van der Waals surface area (Å²) in [7, 11) is 4.02.